The molecule has 0 bridgehead atoms. The quantitative estimate of drug-likeness (QED) is 0.717. The first-order valence-corrected chi connectivity index (χ1v) is 9.70. The van der Waals surface area contributed by atoms with Crippen molar-refractivity contribution in [2.24, 2.45) is 5.14 Å². The molecule has 0 fully saturated rings. The van der Waals surface area contributed by atoms with Crippen molar-refractivity contribution in [3.8, 4) is 10.4 Å². The molecule has 25 heavy (non-hydrogen) atoms. The third-order valence-electron chi connectivity index (χ3n) is 3.50. The van der Waals surface area contributed by atoms with E-state index in [-0.39, 0.29) is 10.8 Å². The van der Waals surface area contributed by atoms with Gasteiger partial charge in [-0.2, -0.15) is 0 Å². The van der Waals surface area contributed by atoms with Crippen LogP contribution < -0.4 is 10.5 Å². The second-order valence-electron chi connectivity index (χ2n) is 5.27. The minimum atomic E-state index is -3.71. The number of carbonyl (C=O) groups is 1. The van der Waals surface area contributed by atoms with Gasteiger partial charge in [-0.15, -0.1) is 11.3 Å². The molecule has 3 rings (SSSR count). The normalized spacial score (nSPS) is 11.2. The lowest BCUT2D eigenvalue weighted by atomic mass is 10.2. The molecule has 0 atom stereocenters. The monoisotopic (exact) mass is 373 g/mol. The molecule has 0 radical (unpaired) electrons. The van der Waals surface area contributed by atoms with Gasteiger partial charge >= 0.3 is 0 Å². The van der Waals surface area contributed by atoms with Gasteiger partial charge in [0, 0.05) is 23.8 Å². The fraction of sp³-hybridized carbons (Fsp3) is 0.0588. The van der Waals surface area contributed by atoms with Crippen LogP contribution in [0, 0.1) is 0 Å². The van der Waals surface area contributed by atoms with Crippen LogP contribution in [0.1, 0.15) is 15.2 Å². The Morgan fingerprint density at radius 2 is 1.72 bits per heavy atom. The molecule has 3 N–H and O–H groups in total. The maximum atomic E-state index is 12.3. The summed E-state index contributed by atoms with van der Waals surface area (Å²) in [6.45, 7) is 0.298. The average molecular weight is 373 g/mol. The molecule has 1 aromatic carbocycles. The molecular formula is C17H15N3O3S2. The first kappa shape index (κ1) is 17.3. The van der Waals surface area contributed by atoms with Crippen LogP contribution in [0.15, 0.2) is 65.8 Å². The number of carbonyl (C=O) groups excluding carboxylic acids is 1. The van der Waals surface area contributed by atoms with Gasteiger partial charge in [0.2, 0.25) is 10.0 Å². The van der Waals surface area contributed by atoms with E-state index in [0.29, 0.717) is 11.4 Å². The number of nitrogens with one attached hydrogen (secondary N) is 1. The van der Waals surface area contributed by atoms with Crippen LogP contribution in [0.25, 0.3) is 10.4 Å². The zero-order chi connectivity index (χ0) is 17.9. The van der Waals surface area contributed by atoms with Crippen molar-refractivity contribution in [1.82, 2.24) is 10.3 Å². The zero-order valence-corrected chi connectivity index (χ0v) is 14.7. The highest BCUT2D eigenvalue weighted by Gasteiger charge is 2.11. The predicted molar refractivity (Wildman–Crippen MR) is 96.5 cm³/mol. The minimum absolute atomic E-state index is 0.0443. The Morgan fingerprint density at radius 1 is 1.04 bits per heavy atom. The molecule has 0 aliphatic carbocycles. The number of benzene rings is 1. The van der Waals surface area contributed by atoms with Gasteiger partial charge in [-0.3, -0.25) is 9.78 Å². The summed E-state index contributed by atoms with van der Waals surface area (Å²) < 4.78 is 22.4. The SMILES string of the molecule is NS(=O)(=O)c1ccc(CNC(=O)c2ccc(-c3ccncc3)s2)cc1. The molecule has 3 aromatic rings. The lowest BCUT2D eigenvalue weighted by Gasteiger charge is -2.05. The molecule has 1 amide bonds. The van der Waals surface area contributed by atoms with Crippen LogP contribution in [0.3, 0.4) is 0 Å². The van der Waals surface area contributed by atoms with E-state index in [1.807, 2.05) is 18.2 Å². The third kappa shape index (κ3) is 4.30. The summed E-state index contributed by atoms with van der Waals surface area (Å²) in [7, 11) is -3.71. The predicted octanol–water partition coefficient (Wildman–Crippen LogP) is 2.39. The van der Waals surface area contributed by atoms with Gasteiger partial charge in [-0.25, -0.2) is 13.6 Å². The first-order chi connectivity index (χ1) is 11.9. The number of rotatable bonds is 5. The molecule has 2 aromatic heterocycles. The van der Waals surface area contributed by atoms with E-state index in [1.165, 1.54) is 23.5 Å². The molecule has 0 aliphatic heterocycles. The van der Waals surface area contributed by atoms with Crippen molar-refractivity contribution >= 4 is 27.3 Å². The Balaban J connectivity index is 1.64. The molecule has 128 valence electrons. The van der Waals surface area contributed by atoms with Crippen molar-refractivity contribution in [3.05, 3.63) is 71.4 Å². The summed E-state index contributed by atoms with van der Waals surface area (Å²) in [5.41, 5.74) is 1.80. The maximum absolute atomic E-state index is 12.3. The van der Waals surface area contributed by atoms with Crippen LogP contribution in [0.4, 0.5) is 0 Å². The van der Waals surface area contributed by atoms with Crippen LogP contribution in [0.2, 0.25) is 0 Å². The summed E-state index contributed by atoms with van der Waals surface area (Å²) >= 11 is 1.40. The topological polar surface area (TPSA) is 102 Å². The van der Waals surface area contributed by atoms with E-state index in [9.17, 15) is 13.2 Å². The van der Waals surface area contributed by atoms with Crippen LogP contribution in [-0.2, 0) is 16.6 Å². The number of amides is 1. The molecule has 8 heteroatoms. The van der Waals surface area contributed by atoms with E-state index >= 15 is 0 Å². The summed E-state index contributed by atoms with van der Waals surface area (Å²) in [5.74, 6) is -0.180. The summed E-state index contributed by atoms with van der Waals surface area (Å²) in [6.07, 6.45) is 3.42. The third-order valence-corrected chi connectivity index (χ3v) is 5.56. The van der Waals surface area contributed by atoms with Crippen molar-refractivity contribution in [1.29, 1.82) is 0 Å². The highest BCUT2D eigenvalue weighted by Crippen LogP contribution is 2.27. The second-order valence-corrected chi connectivity index (χ2v) is 7.92. The number of aromatic nitrogens is 1. The number of sulfonamides is 1. The Kier molecular flexibility index (Phi) is 4.93. The summed E-state index contributed by atoms with van der Waals surface area (Å²) in [6, 6.07) is 13.5. The number of thiophene rings is 1. The molecule has 0 saturated carbocycles. The van der Waals surface area contributed by atoms with Gasteiger partial charge < -0.3 is 5.32 Å². The fourth-order valence-corrected chi connectivity index (χ4v) is 3.64. The van der Waals surface area contributed by atoms with Gasteiger partial charge in [0.1, 0.15) is 0 Å². The molecule has 0 saturated heterocycles. The van der Waals surface area contributed by atoms with E-state index in [0.717, 1.165) is 16.0 Å². The largest absolute Gasteiger partial charge is 0.347 e. The van der Waals surface area contributed by atoms with Gasteiger partial charge in [0.25, 0.3) is 5.91 Å². The van der Waals surface area contributed by atoms with Crippen molar-refractivity contribution in [2.75, 3.05) is 0 Å². The average Bonchev–Trinajstić information content (AvgIpc) is 3.10. The number of primary sulfonamides is 1. The summed E-state index contributed by atoms with van der Waals surface area (Å²) in [5, 5.41) is 7.87. The van der Waals surface area contributed by atoms with Gasteiger partial charge in [-0.1, -0.05) is 12.1 Å². The van der Waals surface area contributed by atoms with E-state index < -0.39 is 10.0 Å². The molecular weight excluding hydrogens is 358 g/mol. The Labute approximate surface area is 149 Å². The van der Waals surface area contributed by atoms with E-state index in [1.54, 1.807) is 30.6 Å². The first-order valence-electron chi connectivity index (χ1n) is 7.34. The van der Waals surface area contributed by atoms with E-state index in [2.05, 4.69) is 10.3 Å². The zero-order valence-electron chi connectivity index (χ0n) is 13.0. The second kappa shape index (κ2) is 7.14. The Hall–Kier alpha value is -2.55. The van der Waals surface area contributed by atoms with Crippen molar-refractivity contribution < 1.29 is 13.2 Å². The molecule has 2 heterocycles. The maximum Gasteiger partial charge on any atom is 0.261 e. The van der Waals surface area contributed by atoms with Gasteiger partial charge in [-0.05, 0) is 47.5 Å². The molecule has 6 nitrogen and oxygen atoms in total. The lowest BCUT2D eigenvalue weighted by Crippen LogP contribution is -2.21. The number of pyridine rings is 1. The summed E-state index contributed by atoms with van der Waals surface area (Å²) in [4.78, 5) is 17.9. The van der Waals surface area contributed by atoms with Crippen LogP contribution >= 0.6 is 11.3 Å². The number of nitrogens with two attached hydrogens (primary N) is 1. The van der Waals surface area contributed by atoms with Crippen molar-refractivity contribution in [3.63, 3.8) is 0 Å². The molecule has 0 unspecified atom stereocenters. The number of hydrogen-bond donors (Lipinski definition) is 2. The van der Waals surface area contributed by atoms with Gasteiger partial charge in [0.15, 0.2) is 0 Å². The van der Waals surface area contributed by atoms with E-state index in [4.69, 9.17) is 5.14 Å². The van der Waals surface area contributed by atoms with Crippen LogP contribution in [-0.4, -0.2) is 19.3 Å². The Morgan fingerprint density at radius 3 is 2.36 bits per heavy atom. The standard InChI is InChI=1S/C17H15N3O3S2/c18-25(22,23)14-3-1-12(2-4-14)11-20-17(21)16-6-5-15(24-16)13-7-9-19-10-8-13/h1-10H,11H2,(H,20,21)(H2,18,22,23). The Bertz CT molecular complexity index is 981. The smallest absolute Gasteiger partial charge is 0.261 e. The number of hydrogen-bond acceptors (Lipinski definition) is 5. The minimum Gasteiger partial charge on any atom is -0.347 e. The van der Waals surface area contributed by atoms with Crippen LogP contribution in [0.5, 0.6) is 0 Å². The van der Waals surface area contributed by atoms with Crippen molar-refractivity contribution in [2.45, 2.75) is 11.4 Å². The highest BCUT2D eigenvalue weighted by molar-refractivity contribution is 7.89. The highest BCUT2D eigenvalue weighted by atomic mass is 32.2. The molecule has 0 spiro atoms. The van der Waals surface area contributed by atoms with Gasteiger partial charge in [0.05, 0.1) is 9.77 Å². The molecule has 0 aliphatic rings. The fourth-order valence-electron chi connectivity index (χ4n) is 2.20. The lowest BCUT2D eigenvalue weighted by molar-refractivity contribution is 0.0955. The number of nitrogens with zero attached hydrogens (tertiary/aromatic N) is 1.